The molecule has 1 aliphatic rings. The van der Waals surface area contributed by atoms with Crippen LogP contribution in [-0.2, 0) is 4.79 Å². The molecule has 0 saturated heterocycles. The Hall–Kier alpha value is 0.0287. The Bertz CT molecular complexity index is 321. The minimum absolute atomic E-state index is 0.143. The topological polar surface area (TPSA) is 17.1 Å². The van der Waals surface area contributed by atoms with Gasteiger partial charge in [0.2, 0.25) is 0 Å². The second kappa shape index (κ2) is 4.72. The molecular weight excluding hydrogens is 303 g/mol. The number of ketones is 1. The number of Topliss-reactive ketones (excluding diaryl/α,β-unsaturated/α-hetero) is 1. The van der Waals surface area contributed by atoms with Gasteiger partial charge in [-0.1, -0.05) is 0 Å². The molecule has 16 heavy (non-hydrogen) atoms. The summed E-state index contributed by atoms with van der Waals surface area (Å²) < 4.78 is 0.246. The van der Waals surface area contributed by atoms with E-state index < -0.39 is 18.4 Å². The Balaban J connectivity index is 3.10. The molecule has 1 rings (SSSR count). The average molecular weight is 327 g/mol. The van der Waals surface area contributed by atoms with Gasteiger partial charge < -0.3 is 0 Å². The van der Waals surface area contributed by atoms with Crippen LogP contribution in [0.15, 0.2) is 0 Å². The van der Waals surface area contributed by atoms with Crippen molar-refractivity contribution in [3.8, 4) is 12.3 Å². The Kier molecular flexibility index (Phi) is 4.16. The van der Waals surface area contributed by atoms with Crippen molar-refractivity contribution in [1.29, 1.82) is 0 Å². The van der Waals surface area contributed by atoms with Gasteiger partial charge in [0.1, 0.15) is 0 Å². The molecule has 1 saturated carbocycles. The summed E-state index contributed by atoms with van der Waals surface area (Å²) in [6, 6.07) is 0. The molecule has 2 heteroatoms. The molecule has 0 unspecified atom stereocenters. The molecule has 0 amide bonds. The fourth-order valence-corrected chi connectivity index (χ4v) is 9.54. The van der Waals surface area contributed by atoms with Crippen LogP contribution in [0.4, 0.5) is 0 Å². The van der Waals surface area contributed by atoms with E-state index in [1.165, 1.54) is 6.42 Å². The quantitative estimate of drug-likeness (QED) is 0.558. The third-order valence-corrected chi connectivity index (χ3v) is 15.9. The van der Waals surface area contributed by atoms with Crippen LogP contribution in [0.3, 0.4) is 0 Å². The van der Waals surface area contributed by atoms with Gasteiger partial charge >= 0.3 is 104 Å². The van der Waals surface area contributed by atoms with Crippen molar-refractivity contribution in [2.24, 2.45) is 11.8 Å². The van der Waals surface area contributed by atoms with E-state index in [1.54, 1.807) is 0 Å². The van der Waals surface area contributed by atoms with Gasteiger partial charge in [0.25, 0.3) is 0 Å². The molecular formula is C14H24OSn. The van der Waals surface area contributed by atoms with E-state index in [9.17, 15) is 4.79 Å². The van der Waals surface area contributed by atoms with Gasteiger partial charge in [0.15, 0.2) is 0 Å². The molecule has 0 aromatic rings. The van der Waals surface area contributed by atoms with Crippen LogP contribution >= 0.6 is 0 Å². The van der Waals surface area contributed by atoms with Gasteiger partial charge in [0, 0.05) is 0 Å². The molecule has 1 aliphatic carbocycles. The zero-order valence-electron chi connectivity index (χ0n) is 11.3. The number of hydrogen-bond donors (Lipinski definition) is 0. The Morgan fingerprint density at radius 3 is 2.50 bits per heavy atom. The average Bonchev–Trinajstić information content (AvgIpc) is 2.09. The predicted octanol–water partition coefficient (Wildman–Crippen LogP) is 3.72. The monoisotopic (exact) mass is 328 g/mol. The SMILES string of the molecule is C#CC[C@@H]1C(=O)C[C@H](C)C[C@@]1(C)[Sn]([CH3])([CH3])[CH3]. The summed E-state index contributed by atoms with van der Waals surface area (Å²) >= 11 is -2.15. The van der Waals surface area contributed by atoms with Gasteiger partial charge in [-0.25, -0.2) is 0 Å². The number of carbonyl (C=O) groups is 1. The number of carbonyl (C=O) groups excluding carboxylic acids is 1. The minimum atomic E-state index is -2.15. The van der Waals surface area contributed by atoms with Crippen LogP contribution in [0.5, 0.6) is 0 Å². The molecule has 90 valence electrons. The molecule has 1 fully saturated rings. The summed E-state index contributed by atoms with van der Waals surface area (Å²) in [6.45, 7) is 4.54. The normalized spacial score (nSPS) is 35.9. The fraction of sp³-hybridized carbons (Fsp3) is 0.786. The second-order valence-corrected chi connectivity index (χ2v) is 22.7. The van der Waals surface area contributed by atoms with Crippen LogP contribution in [0.2, 0.25) is 18.2 Å². The van der Waals surface area contributed by atoms with Crippen molar-refractivity contribution >= 4 is 24.2 Å². The van der Waals surface area contributed by atoms with Crippen LogP contribution in [-0.4, -0.2) is 24.2 Å². The van der Waals surface area contributed by atoms with E-state index in [1.807, 2.05) is 0 Å². The van der Waals surface area contributed by atoms with Crippen LogP contribution in [0, 0.1) is 24.2 Å². The summed E-state index contributed by atoms with van der Waals surface area (Å²) in [4.78, 5) is 19.5. The Labute approximate surface area is 104 Å². The van der Waals surface area contributed by atoms with E-state index >= 15 is 0 Å². The van der Waals surface area contributed by atoms with Crippen molar-refractivity contribution in [3.05, 3.63) is 0 Å². The Morgan fingerprint density at radius 1 is 1.50 bits per heavy atom. The standard InChI is InChI=1S/C11H15O.3CH3.Sn/c1-4-5-10-9(3)6-8(2)7-11(10)12;;;;/h1,8,10H,5-7H2,2-3H3;3*1H3;/t8-,10+;;;;/m1..../s1. The van der Waals surface area contributed by atoms with Gasteiger partial charge in [0.05, 0.1) is 0 Å². The van der Waals surface area contributed by atoms with Crippen LogP contribution < -0.4 is 0 Å². The molecule has 0 aliphatic heterocycles. The zero-order chi connectivity index (χ0) is 12.6. The second-order valence-electron chi connectivity index (χ2n) is 6.61. The first kappa shape index (κ1) is 14.1. The van der Waals surface area contributed by atoms with Crippen molar-refractivity contribution in [2.45, 2.75) is 51.4 Å². The number of hydrogen-bond acceptors (Lipinski definition) is 1. The first-order chi connectivity index (χ1) is 7.22. The summed E-state index contributed by atoms with van der Waals surface area (Å²) in [7, 11) is 0. The summed E-state index contributed by atoms with van der Waals surface area (Å²) in [5.74, 6) is 3.83. The first-order valence-corrected chi connectivity index (χ1v) is 16.2. The fourth-order valence-electron chi connectivity index (χ4n) is 3.07. The van der Waals surface area contributed by atoms with Crippen molar-refractivity contribution in [2.75, 3.05) is 0 Å². The zero-order valence-corrected chi connectivity index (χ0v) is 14.1. The van der Waals surface area contributed by atoms with Gasteiger partial charge in [-0.2, -0.15) is 0 Å². The third kappa shape index (κ3) is 2.47. The summed E-state index contributed by atoms with van der Waals surface area (Å²) in [5.41, 5.74) is 0. The molecule has 1 nitrogen and oxygen atoms in total. The summed E-state index contributed by atoms with van der Waals surface area (Å²) in [5, 5.41) is 0. The Morgan fingerprint density at radius 2 is 2.06 bits per heavy atom. The van der Waals surface area contributed by atoms with Crippen LogP contribution in [0.25, 0.3) is 0 Å². The number of terminal acetylenes is 1. The van der Waals surface area contributed by atoms with E-state index in [2.05, 4.69) is 34.6 Å². The van der Waals surface area contributed by atoms with Gasteiger partial charge in [-0.05, 0) is 0 Å². The molecule has 0 bridgehead atoms. The maximum absolute atomic E-state index is 12.2. The van der Waals surface area contributed by atoms with Gasteiger partial charge in [-0.3, -0.25) is 0 Å². The maximum atomic E-state index is 12.2. The summed E-state index contributed by atoms with van der Waals surface area (Å²) in [6.07, 6.45) is 8.03. The van der Waals surface area contributed by atoms with E-state index in [0.717, 1.165) is 6.42 Å². The van der Waals surface area contributed by atoms with E-state index in [-0.39, 0.29) is 9.35 Å². The van der Waals surface area contributed by atoms with Crippen molar-refractivity contribution in [1.82, 2.24) is 0 Å². The molecule has 0 radical (unpaired) electrons. The third-order valence-electron chi connectivity index (χ3n) is 4.52. The number of rotatable bonds is 2. The predicted molar refractivity (Wildman–Crippen MR) is 72.1 cm³/mol. The molecule has 0 N–H and O–H groups in total. The first-order valence-electron chi connectivity index (χ1n) is 6.18. The van der Waals surface area contributed by atoms with Gasteiger partial charge in [-0.15, -0.1) is 0 Å². The van der Waals surface area contributed by atoms with E-state index in [4.69, 9.17) is 6.42 Å². The van der Waals surface area contributed by atoms with Crippen molar-refractivity contribution < 1.29 is 4.79 Å². The molecule has 3 atom stereocenters. The van der Waals surface area contributed by atoms with Crippen LogP contribution in [0.1, 0.15) is 33.1 Å². The molecule has 0 heterocycles. The molecule has 0 aromatic heterocycles. The molecule has 0 spiro atoms. The van der Waals surface area contributed by atoms with E-state index in [0.29, 0.717) is 18.1 Å². The van der Waals surface area contributed by atoms with Crippen molar-refractivity contribution in [3.63, 3.8) is 0 Å². The molecule has 0 aromatic carbocycles.